The van der Waals surface area contributed by atoms with Crippen LogP contribution in [0.5, 0.6) is 0 Å². The molecule has 1 saturated heterocycles. The maximum atomic E-state index is 10.8. The lowest BCUT2D eigenvalue weighted by atomic mass is 10.0. The van der Waals surface area contributed by atoms with Crippen LogP contribution in [0, 0.1) is 0 Å². The SMILES string of the molecule is CCCCCCCCCCCCCCCCC1COC(C)(CC(=O)O)O1. The molecule has 26 heavy (non-hydrogen) atoms. The number of aliphatic carboxylic acids is 1. The minimum Gasteiger partial charge on any atom is -0.481 e. The molecule has 1 aliphatic heterocycles. The third-order valence-corrected chi connectivity index (χ3v) is 5.34. The molecule has 4 heteroatoms. The second-order valence-corrected chi connectivity index (χ2v) is 8.14. The Morgan fingerprint density at radius 2 is 1.35 bits per heavy atom. The topological polar surface area (TPSA) is 55.8 Å². The Balaban J connectivity index is 1.82. The molecule has 0 aromatic heterocycles. The Bertz CT molecular complexity index is 358. The van der Waals surface area contributed by atoms with Crippen LogP contribution in [0.3, 0.4) is 0 Å². The molecule has 1 aliphatic rings. The van der Waals surface area contributed by atoms with Crippen molar-refractivity contribution in [3.8, 4) is 0 Å². The summed E-state index contributed by atoms with van der Waals surface area (Å²) < 4.78 is 11.3. The van der Waals surface area contributed by atoms with Gasteiger partial charge in [0.25, 0.3) is 0 Å². The summed E-state index contributed by atoms with van der Waals surface area (Å²) in [6.07, 6.45) is 20.0. The summed E-state index contributed by atoms with van der Waals surface area (Å²) in [4.78, 5) is 10.8. The molecule has 0 spiro atoms. The molecule has 0 radical (unpaired) electrons. The first kappa shape index (κ1) is 23.4. The van der Waals surface area contributed by atoms with Gasteiger partial charge in [0, 0.05) is 0 Å². The summed E-state index contributed by atoms with van der Waals surface area (Å²) in [5, 5.41) is 8.87. The number of carbonyl (C=O) groups is 1. The first-order chi connectivity index (χ1) is 12.6. The van der Waals surface area contributed by atoms with Gasteiger partial charge in [-0.25, -0.2) is 0 Å². The van der Waals surface area contributed by atoms with Crippen molar-refractivity contribution < 1.29 is 19.4 Å². The molecule has 0 aromatic carbocycles. The number of ether oxygens (including phenoxy) is 2. The van der Waals surface area contributed by atoms with Gasteiger partial charge in [-0.2, -0.15) is 0 Å². The largest absolute Gasteiger partial charge is 0.481 e. The Hall–Kier alpha value is -0.610. The molecule has 4 nitrogen and oxygen atoms in total. The zero-order valence-electron chi connectivity index (χ0n) is 17.3. The van der Waals surface area contributed by atoms with E-state index in [1.165, 1.54) is 83.5 Å². The average molecular weight is 371 g/mol. The van der Waals surface area contributed by atoms with E-state index in [4.69, 9.17) is 14.6 Å². The monoisotopic (exact) mass is 370 g/mol. The zero-order chi connectivity index (χ0) is 19.1. The molecular weight excluding hydrogens is 328 g/mol. The van der Waals surface area contributed by atoms with Crippen LogP contribution in [-0.2, 0) is 14.3 Å². The highest BCUT2D eigenvalue weighted by atomic mass is 16.7. The van der Waals surface area contributed by atoms with E-state index < -0.39 is 11.8 Å². The summed E-state index contributed by atoms with van der Waals surface area (Å²) in [6.45, 7) is 4.53. The molecule has 1 N–H and O–H groups in total. The molecule has 1 rings (SSSR count). The Morgan fingerprint density at radius 3 is 1.81 bits per heavy atom. The van der Waals surface area contributed by atoms with E-state index in [9.17, 15) is 4.79 Å². The third kappa shape index (κ3) is 11.9. The normalized spacial score (nSPS) is 22.8. The van der Waals surface area contributed by atoms with Crippen LogP contribution in [0.4, 0.5) is 0 Å². The van der Waals surface area contributed by atoms with E-state index in [0.717, 1.165) is 12.8 Å². The summed E-state index contributed by atoms with van der Waals surface area (Å²) in [6, 6.07) is 0. The predicted molar refractivity (Wildman–Crippen MR) is 106 cm³/mol. The van der Waals surface area contributed by atoms with Gasteiger partial charge >= 0.3 is 5.97 Å². The number of rotatable bonds is 17. The van der Waals surface area contributed by atoms with Gasteiger partial charge in [0.1, 0.15) is 0 Å². The molecule has 1 heterocycles. The highest BCUT2D eigenvalue weighted by molar-refractivity contribution is 5.67. The summed E-state index contributed by atoms with van der Waals surface area (Å²) >= 11 is 0. The van der Waals surface area contributed by atoms with Crippen molar-refractivity contribution in [1.82, 2.24) is 0 Å². The number of carboxylic acid groups (broad SMARTS) is 1. The Labute approximate surface area is 161 Å². The lowest BCUT2D eigenvalue weighted by Gasteiger charge is -2.20. The van der Waals surface area contributed by atoms with E-state index in [1.807, 2.05) is 0 Å². The van der Waals surface area contributed by atoms with Gasteiger partial charge in [-0.15, -0.1) is 0 Å². The molecular formula is C22H42O4. The van der Waals surface area contributed by atoms with E-state index in [-0.39, 0.29) is 12.5 Å². The Morgan fingerprint density at radius 1 is 0.885 bits per heavy atom. The lowest BCUT2D eigenvalue weighted by Crippen LogP contribution is -2.30. The van der Waals surface area contributed by atoms with Crippen molar-refractivity contribution in [3.63, 3.8) is 0 Å². The highest BCUT2D eigenvalue weighted by Gasteiger charge is 2.38. The zero-order valence-corrected chi connectivity index (χ0v) is 17.3. The fourth-order valence-electron chi connectivity index (χ4n) is 3.77. The maximum Gasteiger partial charge on any atom is 0.308 e. The first-order valence-electron chi connectivity index (χ1n) is 11.1. The van der Waals surface area contributed by atoms with Crippen molar-refractivity contribution >= 4 is 5.97 Å². The lowest BCUT2D eigenvalue weighted by molar-refractivity contribution is -0.176. The molecule has 0 aromatic rings. The minimum atomic E-state index is -0.924. The van der Waals surface area contributed by atoms with Gasteiger partial charge in [-0.05, 0) is 13.3 Å². The maximum absolute atomic E-state index is 10.8. The van der Waals surface area contributed by atoms with Gasteiger partial charge in [0.05, 0.1) is 19.1 Å². The van der Waals surface area contributed by atoms with Crippen LogP contribution in [0.15, 0.2) is 0 Å². The number of carboxylic acids is 1. The van der Waals surface area contributed by atoms with Crippen LogP contribution in [0.25, 0.3) is 0 Å². The van der Waals surface area contributed by atoms with Crippen LogP contribution in [0.2, 0.25) is 0 Å². The second kappa shape index (κ2) is 14.4. The number of unbranched alkanes of at least 4 members (excludes halogenated alkanes) is 13. The standard InChI is InChI=1S/C22H42O4/c1-3-4-5-6-7-8-9-10-11-12-13-14-15-16-17-20-19-25-22(2,26-20)18-21(23)24/h20H,3-19H2,1-2H3,(H,23,24). The van der Waals surface area contributed by atoms with Crippen LogP contribution >= 0.6 is 0 Å². The highest BCUT2D eigenvalue weighted by Crippen LogP contribution is 2.29. The first-order valence-corrected chi connectivity index (χ1v) is 11.1. The van der Waals surface area contributed by atoms with Gasteiger partial charge < -0.3 is 14.6 Å². The quantitative estimate of drug-likeness (QED) is 0.298. The van der Waals surface area contributed by atoms with Crippen molar-refractivity contribution in [1.29, 1.82) is 0 Å². The number of hydrogen-bond donors (Lipinski definition) is 1. The van der Waals surface area contributed by atoms with Crippen LogP contribution in [-0.4, -0.2) is 29.6 Å². The molecule has 154 valence electrons. The molecule has 1 fully saturated rings. The molecule has 0 amide bonds. The Kier molecular flexibility index (Phi) is 13.0. The van der Waals surface area contributed by atoms with Crippen molar-refractivity contribution in [2.75, 3.05) is 6.61 Å². The van der Waals surface area contributed by atoms with Crippen LogP contribution < -0.4 is 0 Å². The molecule has 0 saturated carbocycles. The summed E-state index contributed by atoms with van der Waals surface area (Å²) in [5.41, 5.74) is 0. The smallest absolute Gasteiger partial charge is 0.308 e. The minimum absolute atomic E-state index is 0.0664. The van der Waals surface area contributed by atoms with Crippen molar-refractivity contribution in [3.05, 3.63) is 0 Å². The van der Waals surface area contributed by atoms with Gasteiger partial charge in [0.2, 0.25) is 0 Å². The fourth-order valence-corrected chi connectivity index (χ4v) is 3.77. The second-order valence-electron chi connectivity index (χ2n) is 8.14. The van der Waals surface area contributed by atoms with E-state index in [0.29, 0.717) is 6.61 Å². The van der Waals surface area contributed by atoms with E-state index in [1.54, 1.807) is 6.92 Å². The summed E-state index contributed by atoms with van der Waals surface area (Å²) in [5.74, 6) is -1.79. The summed E-state index contributed by atoms with van der Waals surface area (Å²) in [7, 11) is 0. The van der Waals surface area contributed by atoms with Crippen molar-refractivity contribution in [2.45, 2.75) is 128 Å². The fraction of sp³-hybridized carbons (Fsp3) is 0.955. The molecule has 0 bridgehead atoms. The van der Waals surface area contributed by atoms with Crippen molar-refractivity contribution in [2.24, 2.45) is 0 Å². The van der Waals surface area contributed by atoms with Gasteiger partial charge in [0.15, 0.2) is 5.79 Å². The van der Waals surface area contributed by atoms with Crippen LogP contribution in [0.1, 0.15) is 117 Å². The molecule has 2 unspecified atom stereocenters. The van der Waals surface area contributed by atoms with E-state index in [2.05, 4.69) is 6.92 Å². The molecule has 2 atom stereocenters. The third-order valence-electron chi connectivity index (χ3n) is 5.34. The number of hydrogen-bond acceptors (Lipinski definition) is 3. The van der Waals surface area contributed by atoms with Gasteiger partial charge in [-0.3, -0.25) is 4.79 Å². The van der Waals surface area contributed by atoms with Gasteiger partial charge in [-0.1, -0.05) is 96.8 Å². The predicted octanol–water partition coefficient (Wildman–Crippen LogP) is 6.46. The molecule has 0 aliphatic carbocycles. The average Bonchev–Trinajstić information content (AvgIpc) is 2.95. The van der Waals surface area contributed by atoms with E-state index >= 15 is 0 Å².